The monoisotopic (exact) mass is 292 g/mol. The SMILES string of the molecule is CSCC(C)N(C)c1ncc(Br)cc1F. The summed E-state index contributed by atoms with van der Waals surface area (Å²) in [5.74, 6) is 1.06. The second-order valence-electron chi connectivity index (χ2n) is 3.37. The summed E-state index contributed by atoms with van der Waals surface area (Å²) < 4.78 is 14.2. The fraction of sp³-hybridized carbons (Fsp3) is 0.500. The van der Waals surface area contributed by atoms with Crippen LogP contribution in [0.2, 0.25) is 0 Å². The molecule has 0 spiro atoms. The number of halogens is 2. The molecule has 0 aromatic carbocycles. The van der Waals surface area contributed by atoms with Gasteiger partial charge in [-0.3, -0.25) is 0 Å². The van der Waals surface area contributed by atoms with E-state index >= 15 is 0 Å². The van der Waals surface area contributed by atoms with Gasteiger partial charge in [0.1, 0.15) is 0 Å². The Labute approximate surface area is 102 Å². The van der Waals surface area contributed by atoms with Crippen molar-refractivity contribution in [1.82, 2.24) is 4.98 Å². The third kappa shape index (κ3) is 3.34. The van der Waals surface area contributed by atoms with E-state index in [0.717, 1.165) is 5.75 Å². The van der Waals surface area contributed by atoms with E-state index < -0.39 is 0 Å². The van der Waals surface area contributed by atoms with Gasteiger partial charge in [0.15, 0.2) is 11.6 Å². The predicted molar refractivity (Wildman–Crippen MR) is 68.1 cm³/mol. The Kier molecular flexibility index (Phi) is 4.86. The van der Waals surface area contributed by atoms with E-state index in [0.29, 0.717) is 10.3 Å². The van der Waals surface area contributed by atoms with Gasteiger partial charge in [-0.15, -0.1) is 0 Å². The van der Waals surface area contributed by atoms with Crippen molar-refractivity contribution < 1.29 is 4.39 Å². The van der Waals surface area contributed by atoms with Crippen LogP contribution in [0.15, 0.2) is 16.7 Å². The zero-order chi connectivity index (χ0) is 11.4. The third-order valence-electron chi connectivity index (χ3n) is 2.19. The van der Waals surface area contributed by atoms with Crippen LogP contribution in [0, 0.1) is 5.82 Å². The third-order valence-corrected chi connectivity index (χ3v) is 3.44. The quantitative estimate of drug-likeness (QED) is 0.848. The molecule has 0 fully saturated rings. The highest BCUT2D eigenvalue weighted by molar-refractivity contribution is 9.10. The van der Waals surface area contributed by atoms with Crippen LogP contribution in [0.5, 0.6) is 0 Å². The van der Waals surface area contributed by atoms with Crippen molar-refractivity contribution >= 4 is 33.5 Å². The van der Waals surface area contributed by atoms with Crippen LogP contribution in [0.3, 0.4) is 0 Å². The number of hydrogen-bond acceptors (Lipinski definition) is 3. The minimum Gasteiger partial charge on any atom is -0.354 e. The highest BCUT2D eigenvalue weighted by Gasteiger charge is 2.14. The molecule has 1 atom stereocenters. The number of hydrogen-bond donors (Lipinski definition) is 0. The van der Waals surface area contributed by atoms with E-state index in [2.05, 4.69) is 27.8 Å². The molecule has 84 valence electrons. The zero-order valence-electron chi connectivity index (χ0n) is 9.00. The van der Waals surface area contributed by atoms with Crippen LogP contribution in [0.1, 0.15) is 6.92 Å². The Balaban J connectivity index is 2.86. The number of rotatable bonds is 4. The standard InChI is InChI=1S/C10H14BrFN2S/c1-7(6-15-3)14(2)10-9(12)4-8(11)5-13-10/h4-5,7H,6H2,1-3H3. The maximum atomic E-state index is 13.6. The van der Waals surface area contributed by atoms with Gasteiger partial charge >= 0.3 is 0 Å². The van der Waals surface area contributed by atoms with Gasteiger partial charge in [0.05, 0.1) is 0 Å². The van der Waals surface area contributed by atoms with E-state index in [1.165, 1.54) is 6.07 Å². The molecule has 2 nitrogen and oxygen atoms in total. The van der Waals surface area contributed by atoms with Crippen molar-refractivity contribution in [2.24, 2.45) is 0 Å². The highest BCUT2D eigenvalue weighted by atomic mass is 79.9. The molecule has 1 unspecified atom stereocenters. The Bertz CT molecular complexity index is 335. The first-order valence-corrected chi connectivity index (χ1v) is 6.77. The first-order valence-electron chi connectivity index (χ1n) is 4.59. The Hall–Kier alpha value is -0.290. The van der Waals surface area contributed by atoms with Crippen LogP contribution < -0.4 is 4.90 Å². The summed E-state index contributed by atoms with van der Waals surface area (Å²) in [7, 11) is 1.86. The van der Waals surface area contributed by atoms with Gasteiger partial charge in [-0.1, -0.05) is 0 Å². The largest absolute Gasteiger partial charge is 0.354 e. The molecule has 0 radical (unpaired) electrons. The average molecular weight is 293 g/mol. The summed E-state index contributed by atoms with van der Waals surface area (Å²) in [6, 6.07) is 1.70. The molecule has 1 heterocycles. The van der Waals surface area contributed by atoms with Gasteiger partial charge in [-0.05, 0) is 35.2 Å². The minimum absolute atomic E-state index is 0.267. The molecule has 0 saturated carbocycles. The first-order chi connectivity index (χ1) is 7.06. The van der Waals surface area contributed by atoms with E-state index in [1.54, 1.807) is 18.0 Å². The summed E-state index contributed by atoms with van der Waals surface area (Å²) in [5, 5.41) is 0. The average Bonchev–Trinajstić information content (AvgIpc) is 2.17. The maximum Gasteiger partial charge on any atom is 0.166 e. The van der Waals surface area contributed by atoms with Crippen molar-refractivity contribution in [3.05, 3.63) is 22.6 Å². The molecule has 0 aliphatic heterocycles. The Morgan fingerprint density at radius 1 is 1.67 bits per heavy atom. The van der Waals surface area contributed by atoms with Crippen molar-refractivity contribution in [2.45, 2.75) is 13.0 Å². The lowest BCUT2D eigenvalue weighted by molar-refractivity contribution is 0.605. The summed E-state index contributed by atoms with van der Waals surface area (Å²) in [4.78, 5) is 5.94. The topological polar surface area (TPSA) is 16.1 Å². The number of thioether (sulfide) groups is 1. The molecule has 0 saturated heterocycles. The van der Waals surface area contributed by atoms with Gasteiger partial charge in [0.25, 0.3) is 0 Å². The molecule has 0 bridgehead atoms. The van der Waals surface area contributed by atoms with Gasteiger partial charge in [-0.25, -0.2) is 9.37 Å². The van der Waals surface area contributed by atoms with Crippen molar-refractivity contribution in [3.63, 3.8) is 0 Å². The molecular weight excluding hydrogens is 279 g/mol. The summed E-state index contributed by atoms with van der Waals surface area (Å²) in [6.45, 7) is 2.06. The van der Waals surface area contributed by atoms with E-state index in [9.17, 15) is 4.39 Å². The summed E-state index contributed by atoms with van der Waals surface area (Å²) in [5.41, 5.74) is 0. The predicted octanol–water partition coefficient (Wildman–Crippen LogP) is 3.17. The van der Waals surface area contributed by atoms with Crippen LogP contribution in [-0.4, -0.2) is 30.1 Å². The minimum atomic E-state index is -0.292. The van der Waals surface area contributed by atoms with Gasteiger partial charge < -0.3 is 4.90 Å². The van der Waals surface area contributed by atoms with Crippen molar-refractivity contribution in [1.29, 1.82) is 0 Å². The zero-order valence-corrected chi connectivity index (χ0v) is 11.4. The van der Waals surface area contributed by atoms with E-state index in [1.807, 2.05) is 18.2 Å². The normalized spacial score (nSPS) is 12.6. The fourth-order valence-corrected chi connectivity index (χ4v) is 2.24. The molecule has 1 aromatic heterocycles. The fourth-order valence-electron chi connectivity index (χ4n) is 1.23. The molecule has 1 rings (SSSR count). The molecule has 1 aromatic rings. The smallest absolute Gasteiger partial charge is 0.166 e. The van der Waals surface area contributed by atoms with Gasteiger partial charge in [0, 0.05) is 29.5 Å². The van der Waals surface area contributed by atoms with Gasteiger partial charge in [0.2, 0.25) is 0 Å². The molecule has 0 aliphatic carbocycles. The van der Waals surface area contributed by atoms with Crippen molar-refractivity contribution in [3.8, 4) is 0 Å². The van der Waals surface area contributed by atoms with Crippen LogP contribution in [-0.2, 0) is 0 Å². The molecular formula is C10H14BrFN2S. The lowest BCUT2D eigenvalue weighted by Gasteiger charge is -2.25. The van der Waals surface area contributed by atoms with Crippen LogP contribution >= 0.6 is 27.7 Å². The van der Waals surface area contributed by atoms with Gasteiger partial charge in [-0.2, -0.15) is 11.8 Å². The Morgan fingerprint density at radius 3 is 2.87 bits per heavy atom. The van der Waals surface area contributed by atoms with E-state index in [4.69, 9.17) is 0 Å². The lowest BCUT2D eigenvalue weighted by Crippen LogP contribution is -2.32. The second-order valence-corrected chi connectivity index (χ2v) is 5.20. The highest BCUT2D eigenvalue weighted by Crippen LogP contribution is 2.21. The van der Waals surface area contributed by atoms with Crippen molar-refractivity contribution in [2.75, 3.05) is 24.0 Å². The molecule has 15 heavy (non-hydrogen) atoms. The summed E-state index contributed by atoms with van der Waals surface area (Å²) in [6.07, 6.45) is 3.65. The lowest BCUT2D eigenvalue weighted by atomic mass is 10.3. The van der Waals surface area contributed by atoms with Crippen LogP contribution in [0.4, 0.5) is 10.2 Å². The number of nitrogens with zero attached hydrogens (tertiary/aromatic N) is 2. The maximum absolute atomic E-state index is 13.6. The Morgan fingerprint density at radius 2 is 2.33 bits per heavy atom. The molecule has 5 heteroatoms. The van der Waals surface area contributed by atoms with E-state index in [-0.39, 0.29) is 11.9 Å². The molecule has 0 N–H and O–H groups in total. The molecule has 0 amide bonds. The first kappa shape index (κ1) is 12.8. The molecule has 0 aliphatic rings. The summed E-state index contributed by atoms with van der Waals surface area (Å²) >= 11 is 4.93. The second kappa shape index (κ2) is 5.70. The number of anilines is 1. The van der Waals surface area contributed by atoms with Crippen LogP contribution in [0.25, 0.3) is 0 Å². The number of aromatic nitrogens is 1. The number of pyridine rings is 1.